The van der Waals surface area contributed by atoms with E-state index in [4.69, 9.17) is 14.4 Å². The minimum absolute atomic E-state index is 0.704. The Kier molecular flexibility index (Phi) is 10.5. The Morgan fingerprint density at radius 1 is 0.250 bits per heavy atom. The van der Waals surface area contributed by atoms with Crippen molar-refractivity contribution in [1.29, 1.82) is 0 Å². The van der Waals surface area contributed by atoms with E-state index in [1.54, 1.807) is 0 Å². The van der Waals surface area contributed by atoms with Crippen LogP contribution >= 0.6 is 0 Å². The fraction of sp³-hybridized carbons (Fsp3) is 0. The fourth-order valence-electron chi connectivity index (χ4n) is 9.16. The SMILES string of the molecule is c1ccc(-c2ccc(N(c3ccc(-c4ccccc4)cc3)c3ccc(-c4ccc5oc6ccc(-c7ccc(-c8cc(-c9ccccc9)nc(-c9ccccc9)n8)cc7)cc6c5c4)cc3)cc2)cc1. The maximum Gasteiger partial charge on any atom is 0.160 e. The molecule has 0 atom stereocenters. The minimum Gasteiger partial charge on any atom is -0.456 e. The molecule has 4 heteroatoms. The summed E-state index contributed by atoms with van der Waals surface area (Å²) in [6.45, 7) is 0. The number of hydrogen-bond donors (Lipinski definition) is 0. The number of hydrogen-bond acceptors (Lipinski definition) is 4. The Labute approximate surface area is 395 Å². The summed E-state index contributed by atoms with van der Waals surface area (Å²) in [4.78, 5) is 12.3. The van der Waals surface area contributed by atoms with Gasteiger partial charge >= 0.3 is 0 Å². The molecule has 0 aliphatic heterocycles. The highest BCUT2D eigenvalue weighted by molar-refractivity contribution is 6.07. The standard InChI is InChI=1S/C64H43N3O/c1-5-13-44(14-6-1)46-25-33-55(34-26-46)67(56-35-27-47(28-36-56)45-15-7-2-8-16-45)57-37-29-49(30-38-57)54-32-40-63-59(42-54)58-41-53(31-39-62(58)68-63)48-21-23-51(24-22-48)61-43-60(50-17-9-3-10-18-50)65-64(66-61)52-19-11-4-12-20-52/h1-43H. The number of furan rings is 1. The third-order valence-corrected chi connectivity index (χ3v) is 12.7. The van der Waals surface area contributed by atoms with Crippen molar-refractivity contribution in [2.24, 2.45) is 0 Å². The van der Waals surface area contributed by atoms with E-state index in [9.17, 15) is 0 Å². The lowest BCUT2D eigenvalue weighted by Crippen LogP contribution is -2.09. The van der Waals surface area contributed by atoms with E-state index in [0.29, 0.717) is 5.82 Å². The van der Waals surface area contributed by atoms with Crippen LogP contribution in [0.25, 0.3) is 100 Å². The Bertz CT molecular complexity index is 3520. The summed E-state index contributed by atoms with van der Waals surface area (Å²) < 4.78 is 6.41. The highest BCUT2D eigenvalue weighted by Gasteiger charge is 2.16. The first kappa shape index (κ1) is 40.4. The summed E-state index contributed by atoms with van der Waals surface area (Å²) in [5.41, 5.74) is 19.1. The van der Waals surface area contributed by atoms with Crippen LogP contribution in [0.2, 0.25) is 0 Å². The van der Waals surface area contributed by atoms with Gasteiger partial charge in [-0.2, -0.15) is 0 Å². The molecular weight excluding hydrogens is 827 g/mol. The minimum atomic E-state index is 0.704. The topological polar surface area (TPSA) is 42.2 Å². The van der Waals surface area contributed by atoms with Crippen molar-refractivity contribution in [3.63, 3.8) is 0 Å². The van der Waals surface area contributed by atoms with Crippen molar-refractivity contribution in [1.82, 2.24) is 9.97 Å². The molecule has 0 amide bonds. The van der Waals surface area contributed by atoms with Crippen LogP contribution in [0.1, 0.15) is 0 Å². The van der Waals surface area contributed by atoms with E-state index in [1.165, 1.54) is 22.3 Å². The zero-order chi connectivity index (χ0) is 45.2. The molecule has 68 heavy (non-hydrogen) atoms. The molecule has 320 valence electrons. The molecule has 0 bridgehead atoms. The van der Waals surface area contributed by atoms with Gasteiger partial charge in [0.2, 0.25) is 0 Å². The van der Waals surface area contributed by atoms with Gasteiger partial charge in [-0.25, -0.2) is 9.97 Å². The summed E-state index contributed by atoms with van der Waals surface area (Å²) in [5, 5.41) is 2.17. The summed E-state index contributed by atoms with van der Waals surface area (Å²) in [6.07, 6.45) is 0. The van der Waals surface area contributed by atoms with Crippen molar-refractivity contribution in [3.8, 4) is 78.4 Å². The molecule has 0 aliphatic rings. The van der Waals surface area contributed by atoms with Crippen LogP contribution in [0.3, 0.4) is 0 Å². The Morgan fingerprint density at radius 3 is 0.956 bits per heavy atom. The molecule has 2 aromatic heterocycles. The van der Waals surface area contributed by atoms with Gasteiger partial charge in [0.1, 0.15) is 11.2 Å². The van der Waals surface area contributed by atoms with Gasteiger partial charge in [-0.1, -0.05) is 194 Å². The first-order chi connectivity index (χ1) is 33.7. The van der Waals surface area contributed by atoms with Gasteiger partial charge in [0.25, 0.3) is 0 Å². The first-order valence-corrected chi connectivity index (χ1v) is 23.0. The lowest BCUT2D eigenvalue weighted by Gasteiger charge is -2.26. The fourth-order valence-corrected chi connectivity index (χ4v) is 9.16. The second kappa shape index (κ2) is 17.7. The lowest BCUT2D eigenvalue weighted by atomic mass is 9.98. The van der Waals surface area contributed by atoms with E-state index in [2.05, 4.69) is 229 Å². The van der Waals surface area contributed by atoms with Gasteiger partial charge in [-0.05, 0) is 111 Å². The van der Waals surface area contributed by atoms with E-state index >= 15 is 0 Å². The van der Waals surface area contributed by atoms with Crippen LogP contribution in [0.5, 0.6) is 0 Å². The number of benzene rings is 10. The van der Waals surface area contributed by atoms with E-state index < -0.39 is 0 Å². The summed E-state index contributed by atoms with van der Waals surface area (Å²) >= 11 is 0. The van der Waals surface area contributed by atoms with Crippen LogP contribution in [0.4, 0.5) is 17.1 Å². The summed E-state index contributed by atoms with van der Waals surface area (Å²) in [7, 11) is 0. The predicted molar refractivity (Wildman–Crippen MR) is 282 cm³/mol. The third kappa shape index (κ3) is 8.01. The molecule has 0 radical (unpaired) electrons. The monoisotopic (exact) mass is 869 g/mol. The molecule has 0 fully saturated rings. The van der Waals surface area contributed by atoms with Crippen LogP contribution in [0, 0.1) is 0 Å². The Balaban J connectivity index is 0.850. The second-order valence-electron chi connectivity index (χ2n) is 17.0. The maximum absolute atomic E-state index is 6.41. The predicted octanol–water partition coefficient (Wildman–Crippen LogP) is 17.5. The van der Waals surface area contributed by atoms with Crippen LogP contribution < -0.4 is 4.90 Å². The van der Waals surface area contributed by atoms with Gasteiger partial charge in [0.05, 0.1) is 11.4 Å². The number of nitrogens with zero attached hydrogens (tertiary/aromatic N) is 3. The quantitative estimate of drug-likeness (QED) is 0.137. The van der Waals surface area contributed by atoms with Crippen molar-refractivity contribution in [2.45, 2.75) is 0 Å². The highest BCUT2D eigenvalue weighted by Crippen LogP contribution is 2.40. The third-order valence-electron chi connectivity index (χ3n) is 12.7. The van der Waals surface area contributed by atoms with Gasteiger partial charge in [0, 0.05) is 44.5 Å². The molecule has 12 aromatic rings. The number of rotatable bonds is 10. The molecule has 2 heterocycles. The van der Waals surface area contributed by atoms with Crippen LogP contribution in [-0.2, 0) is 0 Å². The molecular formula is C64H43N3O. The summed E-state index contributed by atoms with van der Waals surface area (Å²) in [6, 6.07) is 91.8. The summed E-state index contributed by atoms with van der Waals surface area (Å²) in [5.74, 6) is 0.704. The average molecular weight is 870 g/mol. The first-order valence-electron chi connectivity index (χ1n) is 23.0. The number of aromatic nitrogens is 2. The molecule has 12 rings (SSSR count). The Morgan fingerprint density at radius 2 is 0.544 bits per heavy atom. The largest absolute Gasteiger partial charge is 0.456 e. The maximum atomic E-state index is 6.41. The van der Waals surface area contributed by atoms with Crippen LogP contribution in [0.15, 0.2) is 265 Å². The zero-order valence-corrected chi connectivity index (χ0v) is 37.1. The molecule has 0 N–H and O–H groups in total. The van der Waals surface area contributed by atoms with E-state index in [-0.39, 0.29) is 0 Å². The number of fused-ring (bicyclic) bond motifs is 3. The number of anilines is 3. The molecule has 0 aliphatic carbocycles. The van der Waals surface area contributed by atoms with Crippen molar-refractivity contribution in [2.75, 3.05) is 4.90 Å². The molecule has 4 nitrogen and oxygen atoms in total. The molecule has 0 saturated carbocycles. The van der Waals surface area contributed by atoms with Crippen molar-refractivity contribution < 1.29 is 4.42 Å². The average Bonchev–Trinajstić information content (AvgIpc) is 3.80. The van der Waals surface area contributed by atoms with E-state index in [0.717, 1.165) is 89.3 Å². The molecule has 0 unspecified atom stereocenters. The molecule has 0 saturated heterocycles. The highest BCUT2D eigenvalue weighted by atomic mass is 16.3. The lowest BCUT2D eigenvalue weighted by molar-refractivity contribution is 0.669. The molecule has 10 aromatic carbocycles. The van der Waals surface area contributed by atoms with Gasteiger partial charge in [-0.3, -0.25) is 0 Å². The smallest absolute Gasteiger partial charge is 0.160 e. The van der Waals surface area contributed by atoms with Gasteiger partial charge in [-0.15, -0.1) is 0 Å². The van der Waals surface area contributed by atoms with E-state index in [1.807, 2.05) is 36.4 Å². The van der Waals surface area contributed by atoms with Gasteiger partial charge in [0.15, 0.2) is 5.82 Å². The van der Waals surface area contributed by atoms with Gasteiger partial charge < -0.3 is 9.32 Å². The van der Waals surface area contributed by atoms with Crippen molar-refractivity contribution >= 4 is 39.0 Å². The van der Waals surface area contributed by atoms with Crippen molar-refractivity contribution in [3.05, 3.63) is 261 Å². The Hall–Kier alpha value is -9.12. The van der Waals surface area contributed by atoms with Crippen LogP contribution in [-0.4, -0.2) is 9.97 Å². The second-order valence-corrected chi connectivity index (χ2v) is 17.0. The normalized spacial score (nSPS) is 11.2. The molecule has 0 spiro atoms. The zero-order valence-electron chi connectivity index (χ0n) is 37.1.